The number of rotatable bonds is 9. The molecule has 12 nitrogen and oxygen atoms in total. The molecule has 1 heterocycles. The van der Waals surface area contributed by atoms with E-state index in [0.29, 0.717) is 5.75 Å². The van der Waals surface area contributed by atoms with Gasteiger partial charge in [-0.25, -0.2) is 5.43 Å². The van der Waals surface area contributed by atoms with E-state index in [4.69, 9.17) is 14.2 Å². The van der Waals surface area contributed by atoms with E-state index in [0.717, 1.165) is 18.2 Å². The highest BCUT2D eigenvalue weighted by atomic mass is 16.7. The number of fused-ring (bicyclic) bond motifs is 1. The van der Waals surface area contributed by atoms with Gasteiger partial charge in [0, 0.05) is 6.07 Å². The fourth-order valence-corrected chi connectivity index (χ4v) is 4.19. The number of nitrogens with zero attached hydrogens (tertiary/aromatic N) is 3. The van der Waals surface area contributed by atoms with E-state index >= 15 is 0 Å². The summed E-state index contributed by atoms with van der Waals surface area (Å²) < 4.78 is 15.7. The van der Waals surface area contributed by atoms with Gasteiger partial charge >= 0.3 is 5.69 Å². The van der Waals surface area contributed by atoms with Gasteiger partial charge in [0.1, 0.15) is 0 Å². The van der Waals surface area contributed by atoms with Gasteiger partial charge in [-0.1, -0.05) is 40.7 Å². The van der Waals surface area contributed by atoms with Crippen LogP contribution in [-0.2, 0) is 10.2 Å². The maximum absolute atomic E-state index is 12.2. The molecule has 0 unspecified atom stereocenters. The Balaban J connectivity index is 1.67. The average molecular weight is 501 g/mol. The molecule has 1 N–H and O–H groups in total. The van der Waals surface area contributed by atoms with Gasteiger partial charge in [0.15, 0.2) is 23.9 Å². The van der Waals surface area contributed by atoms with Crippen LogP contribution in [0.2, 0.25) is 0 Å². The Kier molecular flexibility index (Phi) is 7.46. The third-order valence-electron chi connectivity index (χ3n) is 5.38. The van der Waals surface area contributed by atoms with E-state index in [9.17, 15) is 25.0 Å². The molecule has 3 rings (SSSR count). The summed E-state index contributed by atoms with van der Waals surface area (Å²) in [5.74, 6) is -0.203. The van der Waals surface area contributed by atoms with E-state index in [-0.39, 0.29) is 46.1 Å². The molecule has 12 heteroatoms. The zero-order valence-corrected chi connectivity index (χ0v) is 20.7. The summed E-state index contributed by atoms with van der Waals surface area (Å²) >= 11 is 0. The zero-order chi connectivity index (χ0) is 26.7. The summed E-state index contributed by atoms with van der Waals surface area (Å²) in [5, 5.41) is 26.7. The number of hydrogen-bond donors (Lipinski definition) is 1. The highest BCUT2D eigenvalue weighted by molar-refractivity contribution is 5.88. The van der Waals surface area contributed by atoms with Crippen molar-refractivity contribution in [1.29, 1.82) is 0 Å². The van der Waals surface area contributed by atoms with E-state index < -0.39 is 22.4 Å². The van der Waals surface area contributed by atoms with Crippen molar-refractivity contribution < 1.29 is 28.9 Å². The Morgan fingerprint density at radius 1 is 1.06 bits per heavy atom. The number of hydrogen-bond acceptors (Lipinski definition) is 9. The van der Waals surface area contributed by atoms with Gasteiger partial charge < -0.3 is 14.2 Å². The van der Waals surface area contributed by atoms with Crippen molar-refractivity contribution in [2.24, 2.45) is 10.5 Å². The minimum atomic E-state index is -0.707. The van der Waals surface area contributed by atoms with Crippen LogP contribution in [0.15, 0.2) is 35.4 Å². The minimum Gasteiger partial charge on any atom is -0.477 e. The number of carbonyl (C=O) groups is 1. The molecule has 1 amide bonds. The lowest BCUT2D eigenvalue weighted by atomic mass is 9.72. The van der Waals surface area contributed by atoms with Crippen LogP contribution in [0.1, 0.15) is 52.2 Å². The molecule has 0 atom stereocenters. The second-order valence-corrected chi connectivity index (χ2v) is 10.2. The summed E-state index contributed by atoms with van der Waals surface area (Å²) in [6, 6.07) is 7.28. The molecule has 0 saturated carbocycles. The van der Waals surface area contributed by atoms with Crippen molar-refractivity contribution in [3.63, 3.8) is 0 Å². The van der Waals surface area contributed by atoms with Crippen molar-refractivity contribution >= 4 is 23.5 Å². The first-order valence-corrected chi connectivity index (χ1v) is 11.1. The summed E-state index contributed by atoms with van der Waals surface area (Å²) in [5.41, 5.74) is 2.25. The van der Waals surface area contributed by atoms with E-state index in [1.54, 1.807) is 6.07 Å². The van der Waals surface area contributed by atoms with Crippen molar-refractivity contribution in [1.82, 2.24) is 5.43 Å². The van der Waals surface area contributed by atoms with Gasteiger partial charge in [0.25, 0.3) is 11.6 Å². The number of nitro benzene ring substituents is 2. The van der Waals surface area contributed by atoms with Gasteiger partial charge in [-0.15, -0.1) is 0 Å². The van der Waals surface area contributed by atoms with E-state index in [2.05, 4.69) is 31.3 Å². The molecule has 0 radical (unpaired) electrons. The first-order valence-electron chi connectivity index (χ1n) is 11.1. The van der Waals surface area contributed by atoms with Gasteiger partial charge in [-0.05, 0) is 34.9 Å². The Labute approximate surface area is 207 Å². The molecule has 0 spiro atoms. The first kappa shape index (κ1) is 26.4. The SMILES string of the molecule is CC(C)(C)CC(C)(C)c1ccc(OCC(=O)NN=Cc2cc3c(cc2[N+](=O)[O-])OCO3)c([N+](=O)[O-])c1. The predicted octanol–water partition coefficient (Wildman–Crippen LogP) is 4.47. The fourth-order valence-electron chi connectivity index (χ4n) is 4.19. The summed E-state index contributed by atoms with van der Waals surface area (Å²) in [4.78, 5) is 34.0. The average Bonchev–Trinajstić information content (AvgIpc) is 3.22. The molecule has 1 aliphatic heterocycles. The fraction of sp³-hybridized carbons (Fsp3) is 0.417. The number of benzene rings is 2. The van der Waals surface area contributed by atoms with Crippen molar-refractivity contribution in [3.8, 4) is 17.2 Å². The number of amides is 1. The highest BCUT2D eigenvalue weighted by Gasteiger charge is 2.30. The normalized spacial score (nSPS) is 13.0. The van der Waals surface area contributed by atoms with Crippen LogP contribution in [-0.4, -0.2) is 35.4 Å². The predicted molar refractivity (Wildman–Crippen MR) is 131 cm³/mol. The smallest absolute Gasteiger partial charge is 0.311 e. The molecular formula is C24H28N4O8. The van der Waals surface area contributed by atoms with Gasteiger partial charge in [-0.3, -0.25) is 25.0 Å². The van der Waals surface area contributed by atoms with Crippen LogP contribution in [0.25, 0.3) is 0 Å². The number of nitro groups is 2. The third kappa shape index (κ3) is 6.46. The molecule has 2 aromatic rings. The zero-order valence-electron chi connectivity index (χ0n) is 20.7. The molecule has 0 aliphatic carbocycles. The Morgan fingerprint density at radius 3 is 2.31 bits per heavy atom. The molecule has 192 valence electrons. The molecule has 0 aromatic heterocycles. The van der Waals surface area contributed by atoms with Crippen LogP contribution in [0.4, 0.5) is 11.4 Å². The number of ether oxygens (including phenoxy) is 3. The topological polar surface area (TPSA) is 155 Å². The maximum Gasteiger partial charge on any atom is 0.311 e. The lowest BCUT2D eigenvalue weighted by Crippen LogP contribution is -2.26. The van der Waals surface area contributed by atoms with Gasteiger partial charge in [0.05, 0.1) is 27.7 Å². The lowest BCUT2D eigenvalue weighted by Gasteiger charge is -2.33. The highest BCUT2D eigenvalue weighted by Crippen LogP contribution is 2.40. The molecule has 2 aromatic carbocycles. The van der Waals surface area contributed by atoms with E-state index in [1.165, 1.54) is 24.3 Å². The molecular weight excluding hydrogens is 472 g/mol. The first-order chi connectivity index (χ1) is 16.8. The molecule has 0 bridgehead atoms. The van der Waals surface area contributed by atoms with Crippen molar-refractivity contribution in [2.45, 2.75) is 46.5 Å². The molecule has 0 fully saturated rings. The van der Waals surface area contributed by atoms with E-state index in [1.807, 2.05) is 13.8 Å². The maximum atomic E-state index is 12.2. The van der Waals surface area contributed by atoms with Crippen LogP contribution in [0.3, 0.4) is 0 Å². The summed E-state index contributed by atoms with van der Waals surface area (Å²) in [7, 11) is 0. The minimum absolute atomic E-state index is 0.0209. The van der Waals surface area contributed by atoms with Crippen LogP contribution in [0.5, 0.6) is 17.2 Å². The number of nitrogens with one attached hydrogen (secondary N) is 1. The standard InChI is InChI=1S/C24H28N4O8/c1-23(2,3)13-24(4,5)16-6-7-19(18(9-16)28(32)33)34-12-22(29)26-25-11-15-8-20-21(36-14-35-20)10-17(15)27(30)31/h6-11H,12-14H2,1-5H3,(H,26,29). The number of hydrazone groups is 1. The van der Waals surface area contributed by atoms with Crippen LogP contribution >= 0.6 is 0 Å². The largest absolute Gasteiger partial charge is 0.477 e. The molecule has 36 heavy (non-hydrogen) atoms. The van der Waals surface area contributed by atoms with Gasteiger partial charge in [0.2, 0.25) is 6.79 Å². The Hall–Kier alpha value is -4.22. The quantitative estimate of drug-likeness (QED) is 0.300. The molecule has 0 saturated heterocycles. The van der Waals surface area contributed by atoms with Crippen molar-refractivity contribution in [2.75, 3.05) is 13.4 Å². The summed E-state index contributed by atoms with van der Waals surface area (Å²) in [6.07, 6.45) is 1.89. The number of carbonyl (C=O) groups excluding carboxylic acids is 1. The second-order valence-electron chi connectivity index (χ2n) is 10.2. The molecule has 1 aliphatic rings. The van der Waals surface area contributed by atoms with Gasteiger partial charge in [-0.2, -0.15) is 5.10 Å². The Bertz CT molecular complexity index is 1220. The van der Waals surface area contributed by atoms with Crippen LogP contribution < -0.4 is 19.6 Å². The Morgan fingerprint density at radius 2 is 1.69 bits per heavy atom. The third-order valence-corrected chi connectivity index (χ3v) is 5.38. The monoisotopic (exact) mass is 500 g/mol. The lowest BCUT2D eigenvalue weighted by molar-refractivity contribution is -0.385. The van der Waals surface area contributed by atoms with Crippen molar-refractivity contribution in [3.05, 3.63) is 61.7 Å². The summed E-state index contributed by atoms with van der Waals surface area (Å²) in [6.45, 7) is 9.75. The van der Waals surface area contributed by atoms with Crippen LogP contribution in [0, 0.1) is 25.6 Å². The second kappa shape index (κ2) is 10.2.